The molecule has 0 aliphatic carbocycles. The van der Waals surface area contributed by atoms with Crippen molar-refractivity contribution in [2.45, 2.75) is 29.8 Å². The first-order valence-corrected chi connectivity index (χ1v) is 8.84. The summed E-state index contributed by atoms with van der Waals surface area (Å²) in [5, 5.41) is 0. The van der Waals surface area contributed by atoms with E-state index in [0.29, 0.717) is 15.0 Å². The maximum absolute atomic E-state index is 2.36. The molecule has 0 radical (unpaired) electrons. The van der Waals surface area contributed by atoms with E-state index in [-0.39, 0.29) is 0 Å². The molecule has 0 amide bonds. The smallest absolute Gasteiger partial charge is 0.0972 e. The van der Waals surface area contributed by atoms with Gasteiger partial charge in [-0.3, -0.25) is 0 Å². The van der Waals surface area contributed by atoms with Crippen LogP contribution in [0.3, 0.4) is 0 Å². The van der Waals surface area contributed by atoms with Crippen molar-refractivity contribution in [1.29, 1.82) is 0 Å². The fourth-order valence-electron chi connectivity index (χ4n) is 2.92. The SMILES string of the molecule is c1ccc(C23CCCC[S+]2CCCS3)cc1. The molecule has 0 aromatic heterocycles. The van der Waals surface area contributed by atoms with Crippen molar-refractivity contribution in [2.75, 3.05) is 17.3 Å². The Labute approximate surface area is 106 Å². The molecule has 3 rings (SSSR count). The standard InChI is InChI=1S/C14H19S2/c1-2-7-13(8-3-1)14-9-4-5-11-16(14)12-6-10-15-14/h1-3,7-8H,4-6,9-12H2/q+1. The molecule has 2 heterocycles. The van der Waals surface area contributed by atoms with Crippen molar-refractivity contribution >= 4 is 22.7 Å². The predicted molar refractivity (Wildman–Crippen MR) is 76.1 cm³/mol. The molecular weight excluding hydrogens is 232 g/mol. The summed E-state index contributed by atoms with van der Waals surface area (Å²) in [5.74, 6) is 4.35. The van der Waals surface area contributed by atoms with Gasteiger partial charge in [0, 0.05) is 35.1 Å². The Morgan fingerprint density at radius 3 is 2.69 bits per heavy atom. The third kappa shape index (κ3) is 1.80. The molecule has 1 aromatic carbocycles. The van der Waals surface area contributed by atoms with Crippen molar-refractivity contribution in [3.63, 3.8) is 0 Å². The van der Waals surface area contributed by atoms with E-state index in [2.05, 4.69) is 42.1 Å². The molecular formula is C14H19S2+. The van der Waals surface area contributed by atoms with Crippen LogP contribution in [0, 0.1) is 0 Å². The number of hydrogen-bond donors (Lipinski definition) is 0. The summed E-state index contributed by atoms with van der Waals surface area (Å²) in [6.45, 7) is 0. The van der Waals surface area contributed by atoms with Crippen LogP contribution in [0.5, 0.6) is 0 Å². The van der Waals surface area contributed by atoms with E-state index in [4.69, 9.17) is 0 Å². The first-order chi connectivity index (χ1) is 7.92. The molecule has 2 unspecified atom stereocenters. The highest BCUT2D eigenvalue weighted by Gasteiger charge is 2.52. The van der Waals surface area contributed by atoms with Crippen molar-refractivity contribution in [3.05, 3.63) is 35.9 Å². The molecule has 0 saturated carbocycles. The molecule has 2 atom stereocenters. The highest BCUT2D eigenvalue weighted by molar-refractivity contribution is 8.16. The summed E-state index contributed by atoms with van der Waals surface area (Å²) in [5.41, 5.74) is 1.61. The minimum absolute atomic E-state index is 0.512. The second-order valence-electron chi connectivity index (χ2n) is 4.68. The van der Waals surface area contributed by atoms with Gasteiger partial charge in [-0.25, -0.2) is 0 Å². The fourth-order valence-corrected chi connectivity index (χ4v) is 8.54. The minimum atomic E-state index is 0.512. The van der Waals surface area contributed by atoms with Gasteiger partial charge in [0.2, 0.25) is 0 Å². The van der Waals surface area contributed by atoms with Crippen molar-refractivity contribution < 1.29 is 0 Å². The molecule has 2 heteroatoms. The van der Waals surface area contributed by atoms with Crippen LogP contribution in [0.1, 0.15) is 31.2 Å². The summed E-state index contributed by atoms with van der Waals surface area (Å²) < 4.78 is 0.512. The maximum atomic E-state index is 2.36. The lowest BCUT2D eigenvalue weighted by Gasteiger charge is -2.39. The predicted octanol–water partition coefficient (Wildman–Crippen LogP) is 3.78. The van der Waals surface area contributed by atoms with Crippen LogP contribution in [0.15, 0.2) is 30.3 Å². The van der Waals surface area contributed by atoms with Gasteiger partial charge in [-0.05, 0) is 12.8 Å². The van der Waals surface area contributed by atoms with Crippen molar-refractivity contribution in [1.82, 2.24) is 0 Å². The molecule has 86 valence electrons. The zero-order chi connectivity index (χ0) is 10.8. The zero-order valence-electron chi connectivity index (χ0n) is 9.65. The van der Waals surface area contributed by atoms with Gasteiger partial charge in [0.25, 0.3) is 0 Å². The van der Waals surface area contributed by atoms with Gasteiger partial charge in [-0.1, -0.05) is 42.1 Å². The first kappa shape index (κ1) is 11.0. The number of hydrogen-bond acceptors (Lipinski definition) is 1. The number of rotatable bonds is 1. The molecule has 2 aliphatic heterocycles. The summed E-state index contributed by atoms with van der Waals surface area (Å²) in [7, 11) is 0.651. The molecule has 16 heavy (non-hydrogen) atoms. The highest BCUT2D eigenvalue weighted by atomic mass is 32.2. The van der Waals surface area contributed by atoms with E-state index in [1.807, 2.05) is 0 Å². The topological polar surface area (TPSA) is 0 Å². The summed E-state index contributed by atoms with van der Waals surface area (Å²) >= 11 is 2.26. The van der Waals surface area contributed by atoms with Crippen molar-refractivity contribution in [3.8, 4) is 0 Å². The first-order valence-electron chi connectivity index (χ1n) is 6.29. The van der Waals surface area contributed by atoms with Crippen LogP contribution in [0.4, 0.5) is 0 Å². The van der Waals surface area contributed by atoms with E-state index in [0.717, 1.165) is 0 Å². The van der Waals surface area contributed by atoms with E-state index in [1.165, 1.54) is 42.9 Å². The van der Waals surface area contributed by atoms with Crippen LogP contribution in [-0.4, -0.2) is 17.3 Å². The van der Waals surface area contributed by atoms with Crippen LogP contribution >= 0.6 is 11.8 Å². The lowest BCUT2D eigenvalue weighted by atomic mass is 10.1. The Morgan fingerprint density at radius 1 is 1.00 bits per heavy atom. The average Bonchev–Trinajstić information content (AvgIpc) is 2.40. The Bertz CT molecular complexity index is 335. The average molecular weight is 251 g/mol. The van der Waals surface area contributed by atoms with Crippen LogP contribution < -0.4 is 0 Å². The molecule has 0 bridgehead atoms. The third-order valence-corrected chi connectivity index (χ3v) is 9.09. The quantitative estimate of drug-likeness (QED) is 0.685. The minimum Gasteiger partial charge on any atom is -0.0972 e. The van der Waals surface area contributed by atoms with Crippen LogP contribution in [0.2, 0.25) is 0 Å². The van der Waals surface area contributed by atoms with E-state index >= 15 is 0 Å². The lowest BCUT2D eigenvalue weighted by molar-refractivity contribution is 0.638. The molecule has 2 fully saturated rings. The Kier molecular flexibility index (Phi) is 3.21. The van der Waals surface area contributed by atoms with Gasteiger partial charge in [0.1, 0.15) is 11.5 Å². The maximum Gasteiger partial charge on any atom is 0.198 e. The fraction of sp³-hybridized carbons (Fsp3) is 0.571. The molecule has 1 aromatic rings. The highest BCUT2D eigenvalue weighted by Crippen LogP contribution is 2.52. The molecule has 2 saturated heterocycles. The normalized spacial score (nSPS) is 34.4. The Morgan fingerprint density at radius 2 is 1.81 bits per heavy atom. The number of benzene rings is 1. The largest absolute Gasteiger partial charge is 0.198 e. The van der Waals surface area contributed by atoms with Gasteiger partial charge in [0.05, 0.1) is 0 Å². The second kappa shape index (κ2) is 4.66. The number of thioether (sulfide) groups is 1. The summed E-state index contributed by atoms with van der Waals surface area (Å²) in [6, 6.07) is 11.3. The van der Waals surface area contributed by atoms with Crippen LogP contribution in [-0.2, 0) is 15.0 Å². The van der Waals surface area contributed by atoms with Crippen LogP contribution in [0.25, 0.3) is 0 Å². The van der Waals surface area contributed by atoms with E-state index in [1.54, 1.807) is 5.56 Å². The molecule has 0 nitrogen and oxygen atoms in total. The third-order valence-electron chi connectivity index (χ3n) is 3.70. The summed E-state index contributed by atoms with van der Waals surface area (Å²) in [6.07, 6.45) is 5.77. The van der Waals surface area contributed by atoms with Gasteiger partial charge >= 0.3 is 0 Å². The van der Waals surface area contributed by atoms with Gasteiger partial charge in [0.15, 0.2) is 4.08 Å². The zero-order valence-corrected chi connectivity index (χ0v) is 11.3. The van der Waals surface area contributed by atoms with Gasteiger partial charge < -0.3 is 0 Å². The molecule has 0 N–H and O–H groups in total. The Balaban J connectivity index is 1.98. The summed E-state index contributed by atoms with van der Waals surface area (Å²) in [4.78, 5) is 0. The molecule has 2 aliphatic rings. The monoisotopic (exact) mass is 251 g/mol. The Hall–Kier alpha value is -0.0800. The van der Waals surface area contributed by atoms with Gasteiger partial charge in [-0.2, -0.15) is 0 Å². The van der Waals surface area contributed by atoms with Crippen molar-refractivity contribution in [2.24, 2.45) is 0 Å². The number of fused-ring (bicyclic) bond motifs is 1. The van der Waals surface area contributed by atoms with E-state index in [9.17, 15) is 0 Å². The van der Waals surface area contributed by atoms with E-state index < -0.39 is 0 Å². The molecule has 0 spiro atoms. The van der Waals surface area contributed by atoms with Gasteiger partial charge in [-0.15, -0.1) is 0 Å². The second-order valence-corrected chi connectivity index (χ2v) is 8.83. The lowest BCUT2D eigenvalue weighted by Crippen LogP contribution is -2.42.